The average Bonchev–Trinajstić information content (AvgIpc) is 2.86. The molecule has 1 amide bonds. The number of imidazole rings is 1. The molecule has 19 heavy (non-hydrogen) atoms. The summed E-state index contributed by atoms with van der Waals surface area (Å²) in [6, 6.07) is 0.322. The molecule has 2 aliphatic rings. The molecule has 0 bridgehead atoms. The molecule has 0 unspecified atom stereocenters. The maximum atomic E-state index is 12.3. The van der Waals surface area contributed by atoms with Gasteiger partial charge < -0.3 is 9.88 Å². The highest BCUT2D eigenvalue weighted by atomic mass is 16.2. The maximum absolute atomic E-state index is 12.3. The summed E-state index contributed by atoms with van der Waals surface area (Å²) in [5.74, 6) is 1.34. The predicted molar refractivity (Wildman–Crippen MR) is 72.7 cm³/mol. The number of carbonyl (C=O) groups is 1. The van der Waals surface area contributed by atoms with Crippen molar-refractivity contribution in [3.8, 4) is 0 Å². The molecule has 0 radical (unpaired) electrons. The number of nitrogens with one attached hydrogen (secondary N) is 1. The lowest BCUT2D eigenvalue weighted by Crippen LogP contribution is -2.51. The molecule has 5 nitrogen and oxygen atoms in total. The van der Waals surface area contributed by atoms with Crippen molar-refractivity contribution in [2.75, 3.05) is 13.6 Å². The summed E-state index contributed by atoms with van der Waals surface area (Å²) in [7, 11) is 2.05. The second kappa shape index (κ2) is 5.33. The lowest BCUT2D eigenvalue weighted by atomic mass is 10.0. The van der Waals surface area contributed by atoms with Crippen molar-refractivity contribution in [3.63, 3.8) is 0 Å². The SMILES string of the molecule is CN1CCCC[C@H]1C(=O)N[C@H]1CCc2nccn2C1. The summed E-state index contributed by atoms with van der Waals surface area (Å²) < 4.78 is 2.15. The van der Waals surface area contributed by atoms with Gasteiger partial charge >= 0.3 is 0 Å². The molecule has 5 heteroatoms. The summed E-state index contributed by atoms with van der Waals surface area (Å²) >= 11 is 0. The Hall–Kier alpha value is -1.36. The van der Waals surface area contributed by atoms with E-state index in [2.05, 4.69) is 26.8 Å². The van der Waals surface area contributed by atoms with Crippen LogP contribution < -0.4 is 5.32 Å². The van der Waals surface area contributed by atoms with E-state index in [1.807, 2.05) is 12.4 Å². The topological polar surface area (TPSA) is 50.2 Å². The van der Waals surface area contributed by atoms with Gasteiger partial charge in [0.15, 0.2) is 0 Å². The Kier molecular flexibility index (Phi) is 3.55. The minimum absolute atomic E-state index is 0.0675. The van der Waals surface area contributed by atoms with Crippen LogP contribution in [0.4, 0.5) is 0 Å². The molecule has 1 fully saturated rings. The zero-order valence-electron chi connectivity index (χ0n) is 11.5. The monoisotopic (exact) mass is 262 g/mol. The van der Waals surface area contributed by atoms with Gasteiger partial charge in [-0.3, -0.25) is 9.69 Å². The molecule has 0 spiro atoms. The average molecular weight is 262 g/mol. The molecule has 2 aliphatic heterocycles. The highest BCUT2D eigenvalue weighted by Gasteiger charge is 2.28. The molecule has 0 aliphatic carbocycles. The lowest BCUT2D eigenvalue weighted by Gasteiger charge is -2.33. The van der Waals surface area contributed by atoms with Crippen LogP contribution in [0, 0.1) is 0 Å². The number of likely N-dealkylation sites (tertiary alicyclic amines) is 1. The summed E-state index contributed by atoms with van der Waals surface area (Å²) in [6.45, 7) is 1.89. The number of carbonyl (C=O) groups excluding carboxylic acids is 1. The molecular weight excluding hydrogens is 240 g/mol. The largest absolute Gasteiger partial charge is 0.350 e. The third-order valence-electron chi connectivity index (χ3n) is 4.35. The quantitative estimate of drug-likeness (QED) is 0.857. The van der Waals surface area contributed by atoms with Crippen molar-refractivity contribution in [1.29, 1.82) is 0 Å². The zero-order chi connectivity index (χ0) is 13.2. The van der Waals surface area contributed by atoms with Crippen LogP contribution in [0.15, 0.2) is 12.4 Å². The van der Waals surface area contributed by atoms with Crippen molar-refractivity contribution in [2.24, 2.45) is 0 Å². The summed E-state index contributed by atoms with van der Waals surface area (Å²) in [5.41, 5.74) is 0. The van der Waals surface area contributed by atoms with Gasteiger partial charge in [-0.2, -0.15) is 0 Å². The highest BCUT2D eigenvalue weighted by Crippen LogP contribution is 2.17. The third kappa shape index (κ3) is 2.66. The Labute approximate surface area is 114 Å². The Morgan fingerprint density at radius 2 is 2.32 bits per heavy atom. The van der Waals surface area contributed by atoms with Crippen molar-refractivity contribution in [2.45, 2.75) is 50.7 Å². The van der Waals surface area contributed by atoms with Gasteiger partial charge in [0.05, 0.1) is 6.04 Å². The number of rotatable bonds is 2. The maximum Gasteiger partial charge on any atom is 0.237 e. The second-order valence-electron chi connectivity index (χ2n) is 5.73. The third-order valence-corrected chi connectivity index (χ3v) is 4.35. The number of likely N-dealkylation sites (N-methyl/N-ethyl adjacent to an activating group) is 1. The van der Waals surface area contributed by atoms with Gasteiger partial charge in [-0.25, -0.2) is 4.98 Å². The first-order valence-electron chi connectivity index (χ1n) is 7.24. The van der Waals surface area contributed by atoms with Crippen LogP contribution in [-0.2, 0) is 17.8 Å². The first kappa shape index (κ1) is 12.7. The molecule has 1 aromatic heterocycles. The van der Waals surface area contributed by atoms with Gasteiger partial charge in [-0.05, 0) is 32.9 Å². The number of amides is 1. The van der Waals surface area contributed by atoms with Crippen molar-refractivity contribution >= 4 is 5.91 Å². The number of aryl methyl sites for hydroxylation is 1. The molecule has 3 heterocycles. The van der Waals surface area contributed by atoms with E-state index in [-0.39, 0.29) is 18.0 Å². The van der Waals surface area contributed by atoms with Crippen LogP contribution in [0.3, 0.4) is 0 Å². The van der Waals surface area contributed by atoms with Crippen molar-refractivity contribution in [1.82, 2.24) is 19.8 Å². The molecule has 0 aromatic carbocycles. The Morgan fingerprint density at radius 3 is 3.16 bits per heavy atom. The molecule has 104 valence electrons. The van der Waals surface area contributed by atoms with Crippen LogP contribution in [0.2, 0.25) is 0 Å². The number of fused-ring (bicyclic) bond motifs is 1. The fourth-order valence-electron chi connectivity index (χ4n) is 3.19. The normalized spacial score (nSPS) is 27.8. The van der Waals surface area contributed by atoms with Gasteiger partial charge in [0.1, 0.15) is 5.82 Å². The first-order chi connectivity index (χ1) is 9.24. The van der Waals surface area contributed by atoms with Gasteiger partial charge in [-0.15, -0.1) is 0 Å². The smallest absolute Gasteiger partial charge is 0.237 e. The Bertz CT molecular complexity index is 456. The molecular formula is C14H22N4O. The van der Waals surface area contributed by atoms with E-state index < -0.39 is 0 Å². The standard InChI is InChI=1S/C14H22N4O/c1-17-8-3-2-4-12(17)14(19)16-11-5-6-13-15-7-9-18(13)10-11/h7,9,11-12H,2-6,8,10H2,1H3,(H,16,19)/t11-,12-/m0/s1. The molecule has 2 atom stereocenters. The van der Waals surface area contributed by atoms with Crippen LogP contribution in [0.25, 0.3) is 0 Å². The molecule has 1 aromatic rings. The number of hydrogen-bond donors (Lipinski definition) is 1. The minimum atomic E-state index is 0.0675. The van der Waals surface area contributed by atoms with E-state index in [9.17, 15) is 4.79 Å². The number of nitrogens with zero attached hydrogens (tertiary/aromatic N) is 3. The predicted octanol–water partition coefficient (Wildman–Crippen LogP) is 0.798. The lowest BCUT2D eigenvalue weighted by molar-refractivity contribution is -0.128. The van der Waals surface area contributed by atoms with Crippen LogP contribution in [0.5, 0.6) is 0 Å². The Morgan fingerprint density at radius 1 is 1.42 bits per heavy atom. The van der Waals surface area contributed by atoms with Crippen LogP contribution >= 0.6 is 0 Å². The fourth-order valence-corrected chi connectivity index (χ4v) is 3.19. The van der Waals surface area contributed by atoms with Crippen LogP contribution in [-0.4, -0.2) is 46.0 Å². The van der Waals surface area contributed by atoms with E-state index in [1.165, 1.54) is 12.8 Å². The van der Waals surface area contributed by atoms with Crippen LogP contribution in [0.1, 0.15) is 31.5 Å². The molecule has 3 rings (SSSR count). The zero-order valence-corrected chi connectivity index (χ0v) is 11.5. The summed E-state index contributed by atoms with van der Waals surface area (Å²) in [6.07, 6.45) is 9.17. The van der Waals surface area contributed by atoms with Gasteiger partial charge in [0, 0.05) is 31.4 Å². The number of aromatic nitrogens is 2. The van der Waals surface area contributed by atoms with Crippen molar-refractivity contribution in [3.05, 3.63) is 18.2 Å². The molecule has 1 N–H and O–H groups in total. The molecule has 1 saturated heterocycles. The number of piperidine rings is 1. The number of hydrogen-bond acceptors (Lipinski definition) is 3. The second-order valence-corrected chi connectivity index (χ2v) is 5.73. The minimum Gasteiger partial charge on any atom is -0.350 e. The van der Waals surface area contributed by atoms with Gasteiger partial charge in [0.2, 0.25) is 5.91 Å². The highest BCUT2D eigenvalue weighted by molar-refractivity contribution is 5.82. The first-order valence-corrected chi connectivity index (χ1v) is 7.24. The summed E-state index contributed by atoms with van der Waals surface area (Å²) in [4.78, 5) is 18.8. The van der Waals surface area contributed by atoms with E-state index >= 15 is 0 Å². The van der Waals surface area contributed by atoms with E-state index in [4.69, 9.17) is 0 Å². The van der Waals surface area contributed by atoms with Crippen molar-refractivity contribution < 1.29 is 4.79 Å². The molecule has 0 saturated carbocycles. The van der Waals surface area contributed by atoms with E-state index in [1.54, 1.807) is 0 Å². The Balaban J connectivity index is 1.58. The van der Waals surface area contributed by atoms with Gasteiger partial charge in [0.25, 0.3) is 0 Å². The fraction of sp³-hybridized carbons (Fsp3) is 0.714. The van der Waals surface area contributed by atoms with E-state index in [0.717, 1.165) is 38.2 Å². The summed E-state index contributed by atoms with van der Waals surface area (Å²) in [5, 5.41) is 3.22. The van der Waals surface area contributed by atoms with Gasteiger partial charge in [-0.1, -0.05) is 6.42 Å². The van der Waals surface area contributed by atoms with E-state index in [0.29, 0.717) is 0 Å².